The number of hydrogen-bond acceptors (Lipinski definition) is 3. The predicted octanol–water partition coefficient (Wildman–Crippen LogP) is 10.3. The summed E-state index contributed by atoms with van der Waals surface area (Å²) >= 11 is 0. The molecule has 5 aromatic carbocycles. The van der Waals surface area contributed by atoms with Crippen LogP contribution in [0.25, 0.3) is 67.3 Å². The Bertz CT molecular complexity index is 2360. The Morgan fingerprint density at radius 2 is 1.33 bits per heavy atom. The standard InChI is InChI=1S/C41H29N3O/c1-26-22-30(24-31(23-26)44-35-18-10-8-16-32(35)33-17-9-11-19-36(33)44)29-20-21-34-37(25-29)45-40-38(27-12-4-2-5-13-27)42-41(43-39(34)40)28-14-6-3-7-15-28/h2-24,29H,25H2,1H3. The van der Waals surface area contributed by atoms with Crippen LogP contribution < -0.4 is 0 Å². The van der Waals surface area contributed by atoms with Crippen molar-refractivity contribution in [1.82, 2.24) is 14.5 Å². The van der Waals surface area contributed by atoms with Crippen LogP contribution in [0.5, 0.6) is 0 Å². The summed E-state index contributed by atoms with van der Waals surface area (Å²) in [5.74, 6) is 1.83. The van der Waals surface area contributed by atoms with Gasteiger partial charge in [-0.3, -0.25) is 0 Å². The molecular weight excluding hydrogens is 550 g/mol. The fourth-order valence-corrected chi connectivity index (χ4v) is 6.92. The summed E-state index contributed by atoms with van der Waals surface area (Å²) in [4.78, 5) is 10.1. The van der Waals surface area contributed by atoms with Crippen LogP contribution in [0.3, 0.4) is 0 Å². The Morgan fingerprint density at radius 3 is 2.04 bits per heavy atom. The van der Waals surface area contributed by atoms with E-state index >= 15 is 0 Å². The van der Waals surface area contributed by atoms with E-state index in [0.717, 1.165) is 45.7 Å². The maximum absolute atomic E-state index is 6.69. The zero-order valence-corrected chi connectivity index (χ0v) is 24.8. The molecule has 4 heteroatoms. The highest BCUT2D eigenvalue weighted by Crippen LogP contribution is 2.40. The van der Waals surface area contributed by atoms with Gasteiger partial charge in [-0.25, -0.2) is 9.97 Å². The first kappa shape index (κ1) is 25.7. The molecule has 0 bridgehead atoms. The Hall–Kier alpha value is -5.74. The second-order valence-corrected chi connectivity index (χ2v) is 11.9. The number of allylic oxidation sites excluding steroid dienone is 1. The molecule has 214 valence electrons. The monoisotopic (exact) mass is 579 g/mol. The molecule has 0 fully saturated rings. The summed E-state index contributed by atoms with van der Waals surface area (Å²) in [6.07, 6.45) is 5.27. The second-order valence-electron chi connectivity index (χ2n) is 11.9. The van der Waals surface area contributed by atoms with E-state index in [1.54, 1.807) is 0 Å². The summed E-state index contributed by atoms with van der Waals surface area (Å²) in [7, 11) is 0. The number of hydrogen-bond donors (Lipinski definition) is 0. The Kier molecular flexibility index (Phi) is 5.82. The van der Waals surface area contributed by atoms with Gasteiger partial charge in [0.05, 0.1) is 11.0 Å². The molecule has 1 atom stereocenters. The fourth-order valence-electron chi connectivity index (χ4n) is 6.92. The van der Waals surface area contributed by atoms with Crippen LogP contribution in [-0.2, 0) is 6.42 Å². The molecule has 8 aromatic rings. The predicted molar refractivity (Wildman–Crippen MR) is 184 cm³/mol. The zero-order valence-electron chi connectivity index (χ0n) is 24.8. The molecule has 45 heavy (non-hydrogen) atoms. The van der Waals surface area contributed by atoms with Gasteiger partial charge >= 0.3 is 0 Å². The molecular formula is C41H29N3O. The minimum atomic E-state index is 0.173. The third kappa shape index (κ3) is 4.21. The minimum Gasteiger partial charge on any atom is -0.456 e. The van der Waals surface area contributed by atoms with Crippen molar-refractivity contribution in [2.75, 3.05) is 0 Å². The Morgan fingerprint density at radius 1 is 0.689 bits per heavy atom. The van der Waals surface area contributed by atoms with Crippen LogP contribution in [0, 0.1) is 6.92 Å². The van der Waals surface area contributed by atoms with Gasteiger partial charge in [-0.2, -0.15) is 0 Å². The number of furan rings is 1. The van der Waals surface area contributed by atoms with Gasteiger partial charge in [0.2, 0.25) is 0 Å². The molecule has 0 saturated heterocycles. The maximum Gasteiger partial charge on any atom is 0.179 e. The summed E-state index contributed by atoms with van der Waals surface area (Å²) in [6, 6.07) is 44.7. The number of para-hydroxylation sites is 2. The second kappa shape index (κ2) is 10.2. The van der Waals surface area contributed by atoms with Crippen LogP contribution in [-0.4, -0.2) is 14.5 Å². The van der Waals surface area contributed by atoms with E-state index in [1.165, 1.54) is 38.6 Å². The van der Waals surface area contributed by atoms with E-state index in [-0.39, 0.29) is 5.92 Å². The van der Waals surface area contributed by atoms with Crippen LogP contribution in [0.2, 0.25) is 0 Å². The van der Waals surface area contributed by atoms with Crippen molar-refractivity contribution in [3.8, 4) is 28.3 Å². The number of fused-ring (bicyclic) bond motifs is 6. The van der Waals surface area contributed by atoms with Gasteiger partial charge in [0.15, 0.2) is 11.4 Å². The molecule has 0 radical (unpaired) electrons. The first-order valence-corrected chi connectivity index (χ1v) is 15.4. The fraction of sp³-hybridized carbons (Fsp3) is 0.0732. The normalized spacial score (nSPS) is 14.4. The van der Waals surface area contributed by atoms with Gasteiger partial charge in [-0.15, -0.1) is 0 Å². The van der Waals surface area contributed by atoms with Crippen LogP contribution >= 0.6 is 0 Å². The lowest BCUT2D eigenvalue weighted by Gasteiger charge is -2.19. The minimum absolute atomic E-state index is 0.173. The van der Waals surface area contributed by atoms with E-state index in [4.69, 9.17) is 14.4 Å². The van der Waals surface area contributed by atoms with Crippen molar-refractivity contribution < 1.29 is 4.42 Å². The average molecular weight is 580 g/mol. The van der Waals surface area contributed by atoms with E-state index in [2.05, 4.69) is 115 Å². The molecule has 0 amide bonds. The van der Waals surface area contributed by atoms with Gasteiger partial charge in [0, 0.05) is 45.5 Å². The van der Waals surface area contributed by atoms with Crippen molar-refractivity contribution in [3.63, 3.8) is 0 Å². The summed E-state index contributed by atoms with van der Waals surface area (Å²) in [5, 5.41) is 2.54. The number of aromatic nitrogens is 3. The topological polar surface area (TPSA) is 43.9 Å². The zero-order chi connectivity index (χ0) is 29.9. The lowest BCUT2D eigenvalue weighted by molar-refractivity contribution is 0.532. The SMILES string of the molecule is Cc1cc(C2C=Cc3c(oc4c(-c5ccccc5)nc(-c5ccccc5)nc34)C2)cc(-n2c3ccccc3c3ccccc32)c1. The Labute approximate surface area is 260 Å². The average Bonchev–Trinajstić information content (AvgIpc) is 3.64. The van der Waals surface area contributed by atoms with Crippen molar-refractivity contribution in [2.24, 2.45) is 0 Å². The van der Waals surface area contributed by atoms with Crippen molar-refractivity contribution in [1.29, 1.82) is 0 Å². The maximum atomic E-state index is 6.69. The molecule has 1 aliphatic carbocycles. The summed E-state index contributed by atoms with van der Waals surface area (Å²) < 4.78 is 9.08. The number of aryl methyl sites for hydroxylation is 1. The smallest absolute Gasteiger partial charge is 0.179 e. The lowest BCUT2D eigenvalue weighted by atomic mass is 9.87. The van der Waals surface area contributed by atoms with Gasteiger partial charge in [-0.1, -0.05) is 115 Å². The van der Waals surface area contributed by atoms with E-state index in [1.807, 2.05) is 36.4 Å². The highest BCUT2D eigenvalue weighted by Gasteiger charge is 2.26. The number of benzene rings is 5. The molecule has 0 saturated carbocycles. The molecule has 0 aliphatic heterocycles. The van der Waals surface area contributed by atoms with Gasteiger partial charge in [-0.05, 0) is 42.3 Å². The third-order valence-corrected chi connectivity index (χ3v) is 8.98. The molecule has 3 heterocycles. The highest BCUT2D eigenvalue weighted by molar-refractivity contribution is 6.09. The molecule has 0 N–H and O–H groups in total. The van der Waals surface area contributed by atoms with Gasteiger partial charge < -0.3 is 8.98 Å². The summed E-state index contributed by atoms with van der Waals surface area (Å²) in [5.41, 5.74) is 11.6. The van der Waals surface area contributed by atoms with Crippen molar-refractivity contribution >= 4 is 39.0 Å². The molecule has 3 aromatic heterocycles. The van der Waals surface area contributed by atoms with E-state index in [0.29, 0.717) is 5.82 Å². The molecule has 1 aliphatic rings. The third-order valence-electron chi connectivity index (χ3n) is 8.98. The molecule has 0 spiro atoms. The van der Waals surface area contributed by atoms with Gasteiger partial charge in [0.25, 0.3) is 0 Å². The first-order valence-electron chi connectivity index (χ1n) is 15.4. The number of rotatable bonds is 4. The van der Waals surface area contributed by atoms with E-state index in [9.17, 15) is 0 Å². The lowest BCUT2D eigenvalue weighted by Crippen LogP contribution is -2.06. The molecule has 1 unspecified atom stereocenters. The number of nitrogens with zero attached hydrogens (tertiary/aromatic N) is 3. The van der Waals surface area contributed by atoms with Crippen LogP contribution in [0.1, 0.15) is 28.4 Å². The first-order chi connectivity index (χ1) is 22.2. The van der Waals surface area contributed by atoms with Crippen LogP contribution in [0.4, 0.5) is 0 Å². The quantitative estimate of drug-likeness (QED) is 0.208. The van der Waals surface area contributed by atoms with Crippen molar-refractivity contribution in [2.45, 2.75) is 19.3 Å². The Balaban J connectivity index is 1.17. The molecule has 4 nitrogen and oxygen atoms in total. The van der Waals surface area contributed by atoms with E-state index < -0.39 is 0 Å². The molecule has 9 rings (SSSR count). The van der Waals surface area contributed by atoms with Crippen molar-refractivity contribution in [3.05, 3.63) is 156 Å². The van der Waals surface area contributed by atoms with Gasteiger partial charge in [0.1, 0.15) is 17.0 Å². The highest BCUT2D eigenvalue weighted by atomic mass is 16.3. The van der Waals surface area contributed by atoms with Crippen LogP contribution in [0.15, 0.2) is 138 Å². The largest absolute Gasteiger partial charge is 0.456 e. The summed E-state index contributed by atoms with van der Waals surface area (Å²) in [6.45, 7) is 2.19.